The molecule has 0 aromatic heterocycles. The number of aliphatic hydroxyl groups excluding tert-OH is 1. The number of nitriles is 1. The fourth-order valence-corrected chi connectivity index (χ4v) is 2.61. The monoisotopic (exact) mass is 274 g/mol. The van der Waals surface area contributed by atoms with E-state index in [9.17, 15) is 0 Å². The molecule has 0 aliphatic heterocycles. The Morgan fingerprint density at radius 2 is 2.25 bits per heavy atom. The number of hydrogen-bond acceptors (Lipinski definition) is 4. The Labute approximate surface area is 120 Å². The molecular weight excluding hydrogens is 252 g/mol. The van der Waals surface area contributed by atoms with Crippen LogP contribution in [-0.2, 0) is 6.54 Å². The van der Waals surface area contributed by atoms with Gasteiger partial charge in [0.25, 0.3) is 0 Å². The first-order valence-electron chi connectivity index (χ1n) is 7.20. The smallest absolute Gasteiger partial charge is 0.123 e. The molecule has 0 radical (unpaired) electrons. The summed E-state index contributed by atoms with van der Waals surface area (Å²) in [4.78, 5) is 2.40. The molecule has 4 nitrogen and oxygen atoms in total. The topological polar surface area (TPSA) is 56.5 Å². The van der Waals surface area contributed by atoms with Crippen LogP contribution in [0.4, 0.5) is 0 Å². The first-order chi connectivity index (χ1) is 9.78. The lowest BCUT2D eigenvalue weighted by atomic mass is 9.91. The third-order valence-corrected chi connectivity index (χ3v) is 3.98. The minimum Gasteiger partial charge on any atom is -0.496 e. The largest absolute Gasteiger partial charge is 0.496 e. The van der Waals surface area contributed by atoms with E-state index >= 15 is 0 Å². The molecule has 0 amide bonds. The minimum absolute atomic E-state index is 0.221. The Morgan fingerprint density at radius 1 is 1.45 bits per heavy atom. The fraction of sp³-hybridized carbons (Fsp3) is 0.562. The van der Waals surface area contributed by atoms with Crippen LogP contribution < -0.4 is 4.74 Å². The van der Waals surface area contributed by atoms with Gasteiger partial charge in [-0.2, -0.15) is 5.26 Å². The van der Waals surface area contributed by atoms with Crippen LogP contribution in [0.15, 0.2) is 18.2 Å². The second-order valence-electron chi connectivity index (χ2n) is 5.27. The van der Waals surface area contributed by atoms with Gasteiger partial charge in [0.05, 0.1) is 18.7 Å². The Kier molecular flexibility index (Phi) is 5.40. The first-order valence-corrected chi connectivity index (χ1v) is 7.20. The number of aliphatic hydroxyl groups is 1. The predicted molar refractivity (Wildman–Crippen MR) is 77.5 cm³/mol. The van der Waals surface area contributed by atoms with Crippen LogP contribution in [0.5, 0.6) is 5.75 Å². The zero-order valence-electron chi connectivity index (χ0n) is 12.0. The molecule has 1 aliphatic rings. The van der Waals surface area contributed by atoms with E-state index in [-0.39, 0.29) is 6.61 Å². The average molecular weight is 274 g/mol. The van der Waals surface area contributed by atoms with Gasteiger partial charge in [0.15, 0.2) is 0 Å². The molecule has 108 valence electrons. The van der Waals surface area contributed by atoms with Crippen molar-refractivity contribution in [2.24, 2.45) is 0 Å². The highest BCUT2D eigenvalue weighted by atomic mass is 16.5. The molecule has 4 heteroatoms. The van der Waals surface area contributed by atoms with E-state index < -0.39 is 0 Å². The molecule has 1 N–H and O–H groups in total. The molecule has 1 saturated carbocycles. The molecule has 0 spiro atoms. The van der Waals surface area contributed by atoms with E-state index in [0.29, 0.717) is 11.6 Å². The summed E-state index contributed by atoms with van der Waals surface area (Å²) in [6, 6.07) is 8.33. The van der Waals surface area contributed by atoms with Crippen LogP contribution in [0, 0.1) is 11.3 Å². The molecule has 0 bridgehead atoms. The molecule has 0 atom stereocenters. The average Bonchev–Trinajstić information content (AvgIpc) is 2.42. The standard InChI is InChI=1S/C16H22N2O2/c1-20-16-7-6-13(11-17)10-14(16)12-18(8-3-9-19)15-4-2-5-15/h6-7,10,15,19H,2-5,8-9,12H2,1H3. The van der Waals surface area contributed by atoms with Crippen molar-refractivity contribution in [1.82, 2.24) is 4.90 Å². The van der Waals surface area contributed by atoms with Crippen molar-refractivity contribution in [1.29, 1.82) is 5.26 Å². The summed E-state index contributed by atoms with van der Waals surface area (Å²) >= 11 is 0. The second kappa shape index (κ2) is 7.28. The summed E-state index contributed by atoms with van der Waals surface area (Å²) in [7, 11) is 1.66. The third-order valence-electron chi connectivity index (χ3n) is 3.98. The Bertz CT molecular complexity index is 478. The van der Waals surface area contributed by atoms with Crippen LogP contribution >= 0.6 is 0 Å². The van der Waals surface area contributed by atoms with Gasteiger partial charge in [-0.15, -0.1) is 0 Å². The van der Waals surface area contributed by atoms with Crippen LogP contribution in [0.2, 0.25) is 0 Å². The van der Waals surface area contributed by atoms with Crippen molar-refractivity contribution >= 4 is 0 Å². The van der Waals surface area contributed by atoms with Crippen molar-refractivity contribution < 1.29 is 9.84 Å². The molecule has 1 aromatic carbocycles. The van der Waals surface area contributed by atoms with Gasteiger partial charge in [-0.05, 0) is 37.5 Å². The number of rotatable bonds is 7. The van der Waals surface area contributed by atoms with Crippen LogP contribution in [0.1, 0.15) is 36.8 Å². The normalized spacial score (nSPS) is 14.9. The second-order valence-corrected chi connectivity index (χ2v) is 5.27. The molecule has 20 heavy (non-hydrogen) atoms. The van der Waals surface area contributed by atoms with Gasteiger partial charge in [0.1, 0.15) is 5.75 Å². The maximum Gasteiger partial charge on any atom is 0.123 e. The number of benzene rings is 1. The molecule has 2 rings (SSSR count). The summed E-state index contributed by atoms with van der Waals surface area (Å²) in [6.45, 7) is 1.89. The van der Waals surface area contributed by atoms with Crippen LogP contribution in [0.25, 0.3) is 0 Å². The quantitative estimate of drug-likeness (QED) is 0.829. The molecule has 1 aromatic rings. The van der Waals surface area contributed by atoms with Gasteiger partial charge in [0, 0.05) is 31.3 Å². The van der Waals surface area contributed by atoms with Gasteiger partial charge in [-0.1, -0.05) is 6.42 Å². The van der Waals surface area contributed by atoms with Gasteiger partial charge in [-0.3, -0.25) is 4.90 Å². The van der Waals surface area contributed by atoms with E-state index in [1.807, 2.05) is 12.1 Å². The van der Waals surface area contributed by atoms with Crippen molar-refractivity contribution in [2.75, 3.05) is 20.3 Å². The highest BCUT2D eigenvalue weighted by Crippen LogP contribution is 2.29. The van der Waals surface area contributed by atoms with Crippen molar-refractivity contribution in [3.8, 4) is 11.8 Å². The van der Waals surface area contributed by atoms with E-state index in [1.165, 1.54) is 19.3 Å². The summed E-state index contributed by atoms with van der Waals surface area (Å²) < 4.78 is 5.40. The van der Waals surface area contributed by atoms with E-state index in [2.05, 4.69) is 11.0 Å². The number of methoxy groups -OCH3 is 1. The van der Waals surface area contributed by atoms with Crippen LogP contribution in [-0.4, -0.2) is 36.3 Å². The van der Waals surface area contributed by atoms with Gasteiger partial charge < -0.3 is 9.84 Å². The molecule has 0 unspecified atom stereocenters. The lowest BCUT2D eigenvalue weighted by Crippen LogP contribution is -2.40. The van der Waals surface area contributed by atoms with Crippen molar-refractivity contribution in [2.45, 2.75) is 38.3 Å². The summed E-state index contributed by atoms with van der Waals surface area (Å²) in [5.41, 5.74) is 1.72. The Morgan fingerprint density at radius 3 is 2.80 bits per heavy atom. The van der Waals surface area contributed by atoms with Gasteiger partial charge >= 0.3 is 0 Å². The number of nitrogens with zero attached hydrogens (tertiary/aromatic N) is 2. The fourth-order valence-electron chi connectivity index (χ4n) is 2.61. The lowest BCUT2D eigenvalue weighted by Gasteiger charge is -2.37. The number of ether oxygens (including phenoxy) is 1. The van der Waals surface area contributed by atoms with E-state index in [1.54, 1.807) is 13.2 Å². The van der Waals surface area contributed by atoms with Crippen LogP contribution in [0.3, 0.4) is 0 Å². The zero-order valence-corrected chi connectivity index (χ0v) is 12.0. The maximum atomic E-state index is 9.04. The summed E-state index contributed by atoms with van der Waals surface area (Å²) in [6.07, 6.45) is 4.53. The molecule has 1 aliphatic carbocycles. The van der Waals surface area contributed by atoms with Crippen molar-refractivity contribution in [3.63, 3.8) is 0 Å². The Balaban J connectivity index is 2.13. The summed E-state index contributed by atoms with van der Waals surface area (Å²) in [5, 5.41) is 18.1. The summed E-state index contributed by atoms with van der Waals surface area (Å²) in [5.74, 6) is 0.831. The zero-order chi connectivity index (χ0) is 14.4. The highest BCUT2D eigenvalue weighted by molar-refractivity contribution is 5.42. The molecule has 0 heterocycles. The SMILES string of the molecule is COc1ccc(C#N)cc1CN(CCCO)C1CCC1. The Hall–Kier alpha value is -1.57. The van der Waals surface area contributed by atoms with E-state index in [4.69, 9.17) is 15.1 Å². The van der Waals surface area contributed by atoms with Gasteiger partial charge in [-0.25, -0.2) is 0 Å². The molecule has 0 saturated heterocycles. The lowest BCUT2D eigenvalue weighted by molar-refractivity contribution is 0.108. The van der Waals surface area contributed by atoms with Gasteiger partial charge in [0.2, 0.25) is 0 Å². The predicted octanol–water partition coefficient (Wildman–Crippen LogP) is 2.30. The molecule has 1 fully saturated rings. The molecular formula is C16H22N2O2. The first kappa shape index (κ1) is 14.8. The van der Waals surface area contributed by atoms with Crippen molar-refractivity contribution in [3.05, 3.63) is 29.3 Å². The number of hydrogen-bond donors (Lipinski definition) is 1. The van der Waals surface area contributed by atoms with E-state index in [0.717, 1.165) is 30.8 Å². The third kappa shape index (κ3) is 3.50. The minimum atomic E-state index is 0.221. The maximum absolute atomic E-state index is 9.04. The highest BCUT2D eigenvalue weighted by Gasteiger charge is 2.25.